The fourth-order valence-corrected chi connectivity index (χ4v) is 4.26. The Morgan fingerprint density at radius 1 is 1.33 bits per heavy atom. The van der Waals surface area contributed by atoms with Crippen molar-refractivity contribution in [3.63, 3.8) is 0 Å². The van der Waals surface area contributed by atoms with Gasteiger partial charge in [-0.25, -0.2) is 12.8 Å². The number of halogens is 1. The molecule has 1 aromatic carbocycles. The fourth-order valence-electron chi connectivity index (χ4n) is 2.45. The second-order valence-electron chi connectivity index (χ2n) is 5.78. The highest BCUT2D eigenvalue weighted by Gasteiger charge is 2.41. The van der Waals surface area contributed by atoms with Crippen molar-refractivity contribution in [3.8, 4) is 5.75 Å². The van der Waals surface area contributed by atoms with Crippen LogP contribution in [-0.2, 0) is 10.0 Å². The predicted molar refractivity (Wildman–Crippen MR) is 77.0 cm³/mol. The Hall–Kier alpha value is -1.34. The molecule has 5 nitrogen and oxygen atoms in total. The Morgan fingerprint density at radius 3 is 2.48 bits per heavy atom. The number of hydrogen-bond acceptors (Lipinski definition) is 4. The van der Waals surface area contributed by atoms with Crippen molar-refractivity contribution in [1.82, 2.24) is 4.31 Å². The lowest BCUT2D eigenvalue weighted by Crippen LogP contribution is -2.35. The Balaban J connectivity index is 1.96. The van der Waals surface area contributed by atoms with E-state index in [1.54, 1.807) is 0 Å². The molecule has 2 saturated carbocycles. The van der Waals surface area contributed by atoms with E-state index in [0.717, 1.165) is 31.7 Å². The van der Waals surface area contributed by atoms with Crippen molar-refractivity contribution < 1.29 is 17.5 Å². The zero-order valence-electron chi connectivity index (χ0n) is 11.9. The minimum Gasteiger partial charge on any atom is -0.492 e. The molecule has 0 aliphatic heterocycles. The van der Waals surface area contributed by atoms with Crippen molar-refractivity contribution in [2.75, 3.05) is 19.4 Å². The van der Waals surface area contributed by atoms with E-state index in [2.05, 4.69) is 0 Å². The molecule has 7 heteroatoms. The number of nitrogen functional groups attached to an aromatic ring is 1. The molecule has 0 radical (unpaired) electrons. The molecule has 2 aliphatic rings. The molecule has 0 spiro atoms. The van der Waals surface area contributed by atoms with Crippen LogP contribution < -0.4 is 10.5 Å². The molecule has 0 unspecified atom stereocenters. The smallest absolute Gasteiger partial charge is 0.243 e. The van der Waals surface area contributed by atoms with Gasteiger partial charge in [0.2, 0.25) is 10.0 Å². The van der Waals surface area contributed by atoms with Gasteiger partial charge in [-0.3, -0.25) is 0 Å². The van der Waals surface area contributed by atoms with Crippen LogP contribution in [0.4, 0.5) is 10.1 Å². The van der Waals surface area contributed by atoms with Crippen LogP contribution in [-0.4, -0.2) is 32.4 Å². The van der Waals surface area contributed by atoms with Crippen LogP contribution in [0, 0.1) is 11.7 Å². The number of methoxy groups -OCH3 is 1. The van der Waals surface area contributed by atoms with Gasteiger partial charge in [0.05, 0.1) is 17.7 Å². The van der Waals surface area contributed by atoms with Gasteiger partial charge in [0.25, 0.3) is 0 Å². The molecule has 0 bridgehead atoms. The summed E-state index contributed by atoms with van der Waals surface area (Å²) in [6, 6.07) is 2.33. The highest BCUT2D eigenvalue weighted by Crippen LogP contribution is 2.39. The second kappa shape index (κ2) is 5.14. The van der Waals surface area contributed by atoms with Gasteiger partial charge >= 0.3 is 0 Å². The summed E-state index contributed by atoms with van der Waals surface area (Å²) in [6.45, 7) is 0.528. The van der Waals surface area contributed by atoms with E-state index in [1.807, 2.05) is 0 Å². The lowest BCUT2D eigenvalue weighted by molar-refractivity contribution is 0.383. The average molecular weight is 314 g/mol. The van der Waals surface area contributed by atoms with E-state index >= 15 is 0 Å². The summed E-state index contributed by atoms with van der Waals surface area (Å²) in [4.78, 5) is -0.0918. The molecule has 1 aromatic rings. The van der Waals surface area contributed by atoms with Crippen molar-refractivity contribution in [3.05, 3.63) is 17.9 Å². The summed E-state index contributed by atoms with van der Waals surface area (Å²) in [5.74, 6) is -0.423. The Labute approximate surface area is 123 Å². The van der Waals surface area contributed by atoms with Crippen LogP contribution in [0.25, 0.3) is 0 Å². The highest BCUT2D eigenvalue weighted by molar-refractivity contribution is 7.89. The Bertz CT molecular complexity index is 631. The fraction of sp³-hybridized carbons (Fsp3) is 0.571. The highest BCUT2D eigenvalue weighted by atomic mass is 32.2. The minimum absolute atomic E-state index is 0.00163. The Morgan fingerprint density at radius 2 is 2.00 bits per heavy atom. The predicted octanol–water partition coefficient (Wildman–Crippen LogP) is 1.98. The summed E-state index contributed by atoms with van der Waals surface area (Å²) in [5.41, 5.74) is 5.69. The molecular weight excluding hydrogens is 295 g/mol. The third kappa shape index (κ3) is 2.85. The van der Waals surface area contributed by atoms with Crippen LogP contribution in [0.1, 0.15) is 25.7 Å². The van der Waals surface area contributed by atoms with Gasteiger partial charge in [0.15, 0.2) is 11.6 Å². The summed E-state index contributed by atoms with van der Waals surface area (Å²) < 4.78 is 45.7. The maximum Gasteiger partial charge on any atom is 0.243 e. The first-order valence-electron chi connectivity index (χ1n) is 7.08. The van der Waals surface area contributed by atoms with E-state index in [9.17, 15) is 12.8 Å². The maximum atomic E-state index is 13.9. The average Bonchev–Trinajstić information content (AvgIpc) is 3.28. The van der Waals surface area contributed by atoms with Gasteiger partial charge in [-0.1, -0.05) is 0 Å². The van der Waals surface area contributed by atoms with Crippen LogP contribution in [0.15, 0.2) is 17.0 Å². The molecule has 21 heavy (non-hydrogen) atoms. The quantitative estimate of drug-likeness (QED) is 0.815. The van der Waals surface area contributed by atoms with E-state index in [1.165, 1.54) is 17.5 Å². The third-order valence-electron chi connectivity index (χ3n) is 3.95. The molecule has 2 N–H and O–H groups in total. The number of nitrogens with two attached hydrogens (primary N) is 1. The molecule has 3 rings (SSSR count). The van der Waals surface area contributed by atoms with E-state index in [0.29, 0.717) is 12.5 Å². The molecular formula is C14H19FN2O3S. The van der Waals surface area contributed by atoms with Gasteiger partial charge in [0.1, 0.15) is 0 Å². The lowest BCUT2D eigenvalue weighted by atomic mass is 10.3. The monoisotopic (exact) mass is 314 g/mol. The number of nitrogens with zero attached hydrogens (tertiary/aromatic N) is 1. The van der Waals surface area contributed by atoms with Gasteiger partial charge < -0.3 is 10.5 Å². The van der Waals surface area contributed by atoms with Crippen molar-refractivity contribution in [2.24, 2.45) is 5.92 Å². The zero-order chi connectivity index (χ0) is 15.2. The van der Waals surface area contributed by atoms with Crippen LogP contribution >= 0.6 is 0 Å². The van der Waals surface area contributed by atoms with E-state index in [-0.39, 0.29) is 22.4 Å². The molecule has 0 heterocycles. The largest absolute Gasteiger partial charge is 0.492 e. The minimum atomic E-state index is -3.71. The van der Waals surface area contributed by atoms with Crippen LogP contribution in [0.3, 0.4) is 0 Å². The van der Waals surface area contributed by atoms with Crippen molar-refractivity contribution >= 4 is 15.7 Å². The number of anilines is 1. The summed E-state index contributed by atoms with van der Waals surface area (Å²) >= 11 is 0. The van der Waals surface area contributed by atoms with Gasteiger partial charge in [0, 0.05) is 12.6 Å². The number of benzene rings is 1. The molecule has 0 atom stereocenters. The number of ether oxygens (including phenoxy) is 1. The number of rotatable bonds is 6. The van der Waals surface area contributed by atoms with Gasteiger partial charge in [-0.05, 0) is 43.7 Å². The summed E-state index contributed by atoms with van der Waals surface area (Å²) in [5, 5.41) is 0. The lowest BCUT2D eigenvalue weighted by Gasteiger charge is -2.22. The van der Waals surface area contributed by atoms with Crippen molar-refractivity contribution in [2.45, 2.75) is 36.6 Å². The molecule has 2 aliphatic carbocycles. The Kier molecular flexibility index (Phi) is 3.57. The van der Waals surface area contributed by atoms with Crippen LogP contribution in [0.2, 0.25) is 0 Å². The third-order valence-corrected chi connectivity index (χ3v) is 5.84. The molecule has 0 saturated heterocycles. The summed E-state index contributed by atoms with van der Waals surface area (Å²) in [6.07, 6.45) is 3.88. The second-order valence-corrected chi connectivity index (χ2v) is 7.67. The van der Waals surface area contributed by atoms with E-state index in [4.69, 9.17) is 10.5 Å². The van der Waals surface area contributed by atoms with Crippen LogP contribution in [0.5, 0.6) is 5.75 Å². The molecule has 2 fully saturated rings. The first kappa shape index (κ1) is 14.6. The SMILES string of the molecule is COc1c(N)cc(S(=O)(=O)N(CC2CC2)C2CC2)cc1F. The maximum absolute atomic E-state index is 13.9. The first-order chi connectivity index (χ1) is 9.93. The molecule has 0 aromatic heterocycles. The first-order valence-corrected chi connectivity index (χ1v) is 8.52. The molecule has 116 valence electrons. The number of hydrogen-bond donors (Lipinski definition) is 1. The van der Waals surface area contributed by atoms with E-state index < -0.39 is 15.8 Å². The number of sulfonamides is 1. The standard InChI is InChI=1S/C14H19FN2O3S/c1-20-14-12(15)6-11(7-13(14)16)21(18,19)17(10-4-5-10)8-9-2-3-9/h6-7,9-10H,2-5,8,16H2,1H3. The summed E-state index contributed by atoms with van der Waals surface area (Å²) in [7, 11) is -2.41. The molecule has 0 amide bonds. The normalized spacial score (nSPS) is 19.0. The van der Waals surface area contributed by atoms with Gasteiger partial charge in [-0.15, -0.1) is 0 Å². The zero-order valence-corrected chi connectivity index (χ0v) is 12.7. The van der Waals surface area contributed by atoms with Gasteiger partial charge in [-0.2, -0.15) is 4.31 Å². The van der Waals surface area contributed by atoms with Crippen molar-refractivity contribution in [1.29, 1.82) is 0 Å². The topological polar surface area (TPSA) is 72.6 Å².